The molecule has 3 rings (SSSR count). The third-order valence-electron chi connectivity index (χ3n) is 4.21. The number of para-hydroxylation sites is 1. The minimum Gasteiger partial charge on any atom is -0.350 e. The van der Waals surface area contributed by atoms with Crippen molar-refractivity contribution in [1.29, 1.82) is 0 Å². The zero-order valence-electron chi connectivity index (χ0n) is 13.0. The summed E-state index contributed by atoms with van der Waals surface area (Å²) in [6, 6.07) is 16.4. The number of carbonyl (C=O) groups excluding carboxylic acids is 1. The van der Waals surface area contributed by atoms with E-state index in [0.29, 0.717) is 5.56 Å². The van der Waals surface area contributed by atoms with Crippen LogP contribution in [0.5, 0.6) is 0 Å². The Balaban J connectivity index is 2.12. The molecule has 0 amide bonds. The lowest BCUT2D eigenvalue weighted by Gasteiger charge is -2.17. The first-order valence-electron chi connectivity index (χ1n) is 7.57. The molecule has 0 spiro atoms. The number of hydrogen-bond donors (Lipinski definition) is 0. The van der Waals surface area contributed by atoms with Gasteiger partial charge in [-0.05, 0) is 17.2 Å². The van der Waals surface area contributed by atoms with Crippen molar-refractivity contribution in [2.75, 3.05) is 0 Å². The van der Waals surface area contributed by atoms with Gasteiger partial charge in [-0.15, -0.1) is 0 Å². The van der Waals surface area contributed by atoms with Gasteiger partial charge in [0.15, 0.2) is 0 Å². The highest BCUT2D eigenvalue weighted by atomic mass is 19.4. The fourth-order valence-corrected chi connectivity index (χ4v) is 3.04. The van der Waals surface area contributed by atoms with Crippen LogP contribution in [0.4, 0.5) is 13.2 Å². The van der Waals surface area contributed by atoms with Crippen LogP contribution in [0.1, 0.15) is 23.5 Å². The van der Waals surface area contributed by atoms with Crippen LogP contribution in [-0.4, -0.2) is 16.5 Å². The van der Waals surface area contributed by atoms with Crippen molar-refractivity contribution < 1.29 is 18.0 Å². The predicted octanol–water partition coefficient (Wildman–Crippen LogP) is 4.83. The summed E-state index contributed by atoms with van der Waals surface area (Å²) in [5.74, 6) is -2.34. The van der Waals surface area contributed by atoms with Crippen molar-refractivity contribution in [3.05, 3.63) is 71.9 Å². The van der Waals surface area contributed by atoms with Crippen LogP contribution >= 0.6 is 0 Å². The molecule has 24 heavy (non-hydrogen) atoms. The summed E-state index contributed by atoms with van der Waals surface area (Å²) in [4.78, 5) is 11.6. The average Bonchev–Trinajstić information content (AvgIpc) is 2.89. The minimum atomic E-state index is -4.82. The van der Waals surface area contributed by atoms with Crippen LogP contribution < -0.4 is 0 Å². The maximum Gasteiger partial charge on any atom is 0.450 e. The lowest BCUT2D eigenvalue weighted by molar-refractivity contribution is -0.171. The molecule has 1 aromatic heterocycles. The maximum absolute atomic E-state index is 12.8. The van der Waals surface area contributed by atoms with Gasteiger partial charge in [0.05, 0.1) is 0 Å². The molecule has 0 aliphatic rings. The molecular weight excluding hydrogens is 315 g/mol. The van der Waals surface area contributed by atoms with Crippen molar-refractivity contribution in [3.8, 4) is 0 Å². The molecular formula is C19H16F3NO. The number of alkyl halides is 3. The Labute approximate surface area is 137 Å². The summed E-state index contributed by atoms with van der Waals surface area (Å²) >= 11 is 0. The summed E-state index contributed by atoms with van der Waals surface area (Å²) in [6.45, 7) is 0. The Morgan fingerprint density at radius 1 is 1.04 bits per heavy atom. The Morgan fingerprint density at radius 3 is 2.33 bits per heavy atom. The van der Waals surface area contributed by atoms with Gasteiger partial charge in [0.2, 0.25) is 5.78 Å². The molecule has 1 heterocycles. The van der Waals surface area contributed by atoms with Crippen molar-refractivity contribution in [2.45, 2.75) is 18.5 Å². The highest BCUT2D eigenvalue weighted by Gasteiger charge is 2.40. The summed E-state index contributed by atoms with van der Waals surface area (Å²) in [7, 11) is 1.85. The number of hydrogen-bond acceptors (Lipinski definition) is 1. The number of nitrogens with zero attached hydrogens (tertiary/aromatic N) is 1. The zero-order chi connectivity index (χ0) is 17.3. The topological polar surface area (TPSA) is 22.0 Å². The number of aryl methyl sites for hydroxylation is 1. The Morgan fingerprint density at radius 2 is 1.67 bits per heavy atom. The van der Waals surface area contributed by atoms with Crippen molar-refractivity contribution in [2.24, 2.45) is 7.05 Å². The van der Waals surface area contributed by atoms with Crippen molar-refractivity contribution >= 4 is 16.7 Å². The smallest absolute Gasteiger partial charge is 0.350 e. The van der Waals surface area contributed by atoms with Crippen LogP contribution in [-0.2, 0) is 11.8 Å². The number of halogens is 3. The van der Waals surface area contributed by atoms with Crippen LogP contribution in [0.2, 0.25) is 0 Å². The first-order chi connectivity index (χ1) is 11.4. The van der Waals surface area contributed by atoms with E-state index in [4.69, 9.17) is 0 Å². The monoisotopic (exact) mass is 331 g/mol. The van der Waals surface area contributed by atoms with Crippen molar-refractivity contribution in [3.63, 3.8) is 0 Å². The second-order valence-corrected chi connectivity index (χ2v) is 5.80. The molecule has 0 saturated carbocycles. The van der Waals surface area contributed by atoms with Crippen LogP contribution in [0.3, 0.4) is 0 Å². The van der Waals surface area contributed by atoms with E-state index >= 15 is 0 Å². The number of ketones is 1. The molecule has 2 aromatic carbocycles. The molecule has 0 N–H and O–H groups in total. The van der Waals surface area contributed by atoms with Gasteiger partial charge in [-0.1, -0.05) is 48.5 Å². The van der Waals surface area contributed by atoms with E-state index in [1.54, 1.807) is 30.3 Å². The van der Waals surface area contributed by atoms with E-state index in [0.717, 1.165) is 16.5 Å². The summed E-state index contributed by atoms with van der Waals surface area (Å²) in [5, 5.41) is 0.865. The molecule has 0 aliphatic carbocycles. The summed E-state index contributed by atoms with van der Waals surface area (Å²) in [5.41, 5.74) is 2.36. The van der Waals surface area contributed by atoms with E-state index in [2.05, 4.69) is 0 Å². The molecule has 0 saturated heterocycles. The second-order valence-electron chi connectivity index (χ2n) is 5.80. The summed E-state index contributed by atoms with van der Waals surface area (Å²) < 4.78 is 40.3. The van der Waals surface area contributed by atoms with E-state index in [1.165, 1.54) is 0 Å². The van der Waals surface area contributed by atoms with Crippen LogP contribution in [0.25, 0.3) is 10.9 Å². The van der Waals surface area contributed by atoms with Gasteiger partial charge in [0.1, 0.15) is 0 Å². The Hall–Kier alpha value is -2.56. The van der Waals surface area contributed by atoms with Gasteiger partial charge in [-0.25, -0.2) is 0 Å². The van der Waals surface area contributed by atoms with E-state index in [-0.39, 0.29) is 0 Å². The number of Topliss-reactive ketones (excluding diaryl/α,β-unsaturated/α-hetero) is 1. The van der Waals surface area contributed by atoms with Gasteiger partial charge < -0.3 is 4.57 Å². The minimum absolute atomic E-state index is 0.596. The highest BCUT2D eigenvalue weighted by molar-refractivity contribution is 5.88. The van der Waals surface area contributed by atoms with Crippen molar-refractivity contribution in [1.82, 2.24) is 4.57 Å². The standard InChI is InChI=1S/C19H16F3NO/c1-23-12-16(14-9-5-6-10-17(14)23)15(11-18(24)19(20,21)22)13-7-3-2-4-8-13/h2-10,12,15H,11H2,1H3/t15-/m0/s1. The van der Waals surface area contributed by atoms with E-state index in [1.807, 2.05) is 42.1 Å². The molecule has 3 aromatic rings. The molecule has 0 aliphatic heterocycles. The van der Waals surface area contributed by atoms with Crippen LogP contribution in [0, 0.1) is 0 Å². The molecule has 5 heteroatoms. The molecule has 0 unspecified atom stereocenters. The number of fused-ring (bicyclic) bond motifs is 1. The third kappa shape index (κ3) is 3.07. The normalized spacial score (nSPS) is 13.2. The SMILES string of the molecule is Cn1cc([C@@H](CC(=O)C(F)(F)F)c2ccccc2)c2ccccc21. The van der Waals surface area contributed by atoms with E-state index < -0.39 is 24.3 Å². The highest BCUT2D eigenvalue weighted by Crippen LogP contribution is 2.36. The van der Waals surface area contributed by atoms with Gasteiger partial charge in [-0.2, -0.15) is 13.2 Å². The first kappa shape index (κ1) is 16.3. The second kappa shape index (κ2) is 6.15. The average molecular weight is 331 g/mol. The largest absolute Gasteiger partial charge is 0.450 e. The Bertz CT molecular complexity index is 865. The Kier molecular flexibility index (Phi) is 4.18. The predicted molar refractivity (Wildman–Crippen MR) is 86.9 cm³/mol. The molecule has 124 valence electrons. The molecule has 1 atom stereocenters. The van der Waals surface area contributed by atoms with Gasteiger partial charge in [-0.3, -0.25) is 4.79 Å². The number of aromatic nitrogens is 1. The number of rotatable bonds is 4. The molecule has 0 radical (unpaired) electrons. The van der Waals surface area contributed by atoms with Gasteiger partial charge in [0.25, 0.3) is 0 Å². The van der Waals surface area contributed by atoms with E-state index in [9.17, 15) is 18.0 Å². The molecule has 0 bridgehead atoms. The zero-order valence-corrected chi connectivity index (χ0v) is 13.0. The summed E-state index contributed by atoms with van der Waals surface area (Å²) in [6.07, 6.45) is -3.61. The number of carbonyl (C=O) groups is 1. The number of benzene rings is 2. The first-order valence-corrected chi connectivity index (χ1v) is 7.57. The fourth-order valence-electron chi connectivity index (χ4n) is 3.04. The molecule has 0 fully saturated rings. The van der Waals surface area contributed by atoms with Gasteiger partial charge in [0, 0.05) is 36.5 Å². The third-order valence-corrected chi connectivity index (χ3v) is 4.21. The maximum atomic E-state index is 12.8. The lowest BCUT2D eigenvalue weighted by Crippen LogP contribution is -2.25. The molecule has 2 nitrogen and oxygen atoms in total. The fraction of sp³-hybridized carbons (Fsp3) is 0.211. The van der Waals surface area contributed by atoms with Crippen LogP contribution in [0.15, 0.2) is 60.8 Å². The quantitative estimate of drug-likeness (QED) is 0.671. The lowest BCUT2D eigenvalue weighted by atomic mass is 9.87. The van der Waals surface area contributed by atoms with Gasteiger partial charge >= 0.3 is 6.18 Å².